The van der Waals surface area contributed by atoms with Gasteiger partial charge in [-0.05, 0) is 37.8 Å². The predicted octanol–water partition coefficient (Wildman–Crippen LogP) is 3.64. The van der Waals surface area contributed by atoms with E-state index in [1.807, 2.05) is 0 Å². The molecule has 19 heavy (non-hydrogen) atoms. The van der Waals surface area contributed by atoms with Crippen LogP contribution in [0.25, 0.3) is 6.08 Å². The Bertz CT molecular complexity index is 476. The monoisotopic (exact) mass is 264 g/mol. The maximum atomic E-state index is 13.8. The number of para-hydroxylation sites is 1. The van der Waals surface area contributed by atoms with Gasteiger partial charge in [-0.3, -0.25) is 0 Å². The standard InChI is InChI=1S/C15H17FO3/c16-13-8-4-5-11(9-10-14(17)18)15(13)19-12-6-2-1-3-7-12/h4-5,8-10,12H,1-3,6-7H2,(H,17,18)/b10-9+. The summed E-state index contributed by atoms with van der Waals surface area (Å²) in [7, 11) is 0. The van der Waals surface area contributed by atoms with Crippen molar-refractivity contribution in [2.24, 2.45) is 0 Å². The van der Waals surface area contributed by atoms with Gasteiger partial charge in [0.2, 0.25) is 0 Å². The van der Waals surface area contributed by atoms with Gasteiger partial charge in [0.25, 0.3) is 0 Å². The number of hydrogen-bond donors (Lipinski definition) is 1. The molecule has 1 saturated carbocycles. The summed E-state index contributed by atoms with van der Waals surface area (Å²) in [4.78, 5) is 10.5. The van der Waals surface area contributed by atoms with Gasteiger partial charge in [0.15, 0.2) is 11.6 Å². The Labute approximate surface area is 111 Å². The topological polar surface area (TPSA) is 46.5 Å². The number of hydrogen-bond acceptors (Lipinski definition) is 2. The largest absolute Gasteiger partial charge is 0.487 e. The predicted molar refractivity (Wildman–Crippen MR) is 70.6 cm³/mol. The van der Waals surface area contributed by atoms with Crippen LogP contribution in [-0.2, 0) is 4.79 Å². The van der Waals surface area contributed by atoms with E-state index in [-0.39, 0.29) is 11.9 Å². The molecule has 0 unspecified atom stereocenters. The Balaban J connectivity index is 2.19. The highest BCUT2D eigenvalue weighted by Gasteiger charge is 2.18. The van der Waals surface area contributed by atoms with E-state index in [1.165, 1.54) is 18.6 Å². The maximum absolute atomic E-state index is 13.8. The summed E-state index contributed by atoms with van der Waals surface area (Å²) >= 11 is 0. The van der Waals surface area contributed by atoms with Crippen LogP contribution < -0.4 is 4.74 Å². The molecular formula is C15H17FO3. The summed E-state index contributed by atoms with van der Waals surface area (Å²) in [5.41, 5.74) is 0.466. The smallest absolute Gasteiger partial charge is 0.328 e. The SMILES string of the molecule is O=C(O)/C=C/c1cccc(F)c1OC1CCCCC1. The zero-order valence-electron chi connectivity index (χ0n) is 10.6. The number of benzene rings is 1. The van der Waals surface area contributed by atoms with Crippen molar-refractivity contribution in [3.63, 3.8) is 0 Å². The fraction of sp³-hybridized carbons (Fsp3) is 0.400. The maximum Gasteiger partial charge on any atom is 0.328 e. The average molecular weight is 264 g/mol. The first kappa shape index (κ1) is 13.6. The lowest BCUT2D eigenvalue weighted by molar-refractivity contribution is -0.131. The highest BCUT2D eigenvalue weighted by Crippen LogP contribution is 2.29. The molecule has 0 aliphatic heterocycles. The van der Waals surface area contributed by atoms with Crippen molar-refractivity contribution in [2.75, 3.05) is 0 Å². The van der Waals surface area contributed by atoms with Crippen LogP contribution in [0.4, 0.5) is 4.39 Å². The van der Waals surface area contributed by atoms with E-state index in [9.17, 15) is 9.18 Å². The Morgan fingerprint density at radius 1 is 1.32 bits per heavy atom. The van der Waals surface area contributed by atoms with Gasteiger partial charge in [0, 0.05) is 11.6 Å². The van der Waals surface area contributed by atoms with Crippen molar-refractivity contribution >= 4 is 12.0 Å². The zero-order valence-corrected chi connectivity index (χ0v) is 10.6. The zero-order chi connectivity index (χ0) is 13.7. The highest BCUT2D eigenvalue weighted by atomic mass is 19.1. The van der Waals surface area contributed by atoms with Crippen molar-refractivity contribution in [1.82, 2.24) is 0 Å². The van der Waals surface area contributed by atoms with Crippen LogP contribution in [0.5, 0.6) is 5.75 Å². The molecule has 102 valence electrons. The molecule has 0 amide bonds. The number of carbonyl (C=O) groups is 1. The molecule has 0 spiro atoms. The van der Waals surface area contributed by atoms with Crippen molar-refractivity contribution < 1.29 is 19.0 Å². The van der Waals surface area contributed by atoms with Gasteiger partial charge < -0.3 is 9.84 Å². The molecule has 1 aromatic carbocycles. The van der Waals surface area contributed by atoms with Crippen LogP contribution >= 0.6 is 0 Å². The third-order valence-corrected chi connectivity index (χ3v) is 3.24. The fourth-order valence-electron chi connectivity index (χ4n) is 2.29. The lowest BCUT2D eigenvalue weighted by atomic mass is 9.97. The molecule has 0 atom stereocenters. The third-order valence-electron chi connectivity index (χ3n) is 3.24. The average Bonchev–Trinajstić information content (AvgIpc) is 2.40. The van der Waals surface area contributed by atoms with Gasteiger partial charge in [-0.1, -0.05) is 18.6 Å². The molecule has 4 heteroatoms. The Kier molecular flexibility index (Phi) is 4.55. The number of ether oxygens (including phenoxy) is 1. The molecule has 0 saturated heterocycles. The number of aliphatic carboxylic acids is 1. The van der Waals surface area contributed by atoms with Gasteiger partial charge in [-0.25, -0.2) is 9.18 Å². The third kappa shape index (κ3) is 3.81. The Hall–Kier alpha value is -1.84. The first-order chi connectivity index (χ1) is 9.16. The van der Waals surface area contributed by atoms with Gasteiger partial charge in [0.1, 0.15) is 0 Å². The summed E-state index contributed by atoms with van der Waals surface area (Å²) < 4.78 is 19.6. The number of halogens is 1. The minimum absolute atomic E-state index is 0.0302. The molecule has 2 rings (SSSR count). The molecule has 1 aromatic rings. The second-order valence-electron chi connectivity index (χ2n) is 4.71. The quantitative estimate of drug-likeness (QED) is 0.844. The van der Waals surface area contributed by atoms with Crippen LogP contribution in [0.1, 0.15) is 37.7 Å². The Morgan fingerprint density at radius 3 is 2.74 bits per heavy atom. The van der Waals surface area contributed by atoms with Gasteiger partial charge in [-0.15, -0.1) is 0 Å². The van der Waals surface area contributed by atoms with E-state index in [1.54, 1.807) is 12.1 Å². The van der Waals surface area contributed by atoms with Crippen LogP contribution in [0.3, 0.4) is 0 Å². The highest BCUT2D eigenvalue weighted by molar-refractivity contribution is 5.85. The van der Waals surface area contributed by atoms with E-state index in [0.717, 1.165) is 31.8 Å². The van der Waals surface area contributed by atoms with Crippen LogP contribution in [-0.4, -0.2) is 17.2 Å². The summed E-state index contributed by atoms with van der Waals surface area (Å²) in [6, 6.07) is 4.53. The molecule has 1 aliphatic carbocycles. The summed E-state index contributed by atoms with van der Waals surface area (Å²) in [5, 5.41) is 8.64. The fourth-order valence-corrected chi connectivity index (χ4v) is 2.29. The van der Waals surface area contributed by atoms with Crippen molar-refractivity contribution in [1.29, 1.82) is 0 Å². The van der Waals surface area contributed by atoms with E-state index in [4.69, 9.17) is 9.84 Å². The van der Waals surface area contributed by atoms with Crippen LogP contribution in [0.15, 0.2) is 24.3 Å². The van der Waals surface area contributed by atoms with Crippen molar-refractivity contribution in [2.45, 2.75) is 38.2 Å². The lowest BCUT2D eigenvalue weighted by Gasteiger charge is -2.24. The number of rotatable bonds is 4. The van der Waals surface area contributed by atoms with Crippen LogP contribution in [0.2, 0.25) is 0 Å². The van der Waals surface area contributed by atoms with Gasteiger partial charge in [-0.2, -0.15) is 0 Å². The van der Waals surface area contributed by atoms with E-state index < -0.39 is 11.8 Å². The van der Waals surface area contributed by atoms with E-state index in [2.05, 4.69) is 0 Å². The van der Waals surface area contributed by atoms with Gasteiger partial charge >= 0.3 is 5.97 Å². The van der Waals surface area contributed by atoms with Crippen LogP contribution in [0, 0.1) is 5.82 Å². The second kappa shape index (κ2) is 6.36. The molecule has 0 aromatic heterocycles. The first-order valence-electron chi connectivity index (χ1n) is 6.53. The molecule has 3 nitrogen and oxygen atoms in total. The van der Waals surface area contributed by atoms with Crippen molar-refractivity contribution in [3.8, 4) is 5.75 Å². The summed E-state index contributed by atoms with van der Waals surface area (Å²) in [5.74, 6) is -1.35. The normalized spacial score (nSPS) is 16.7. The summed E-state index contributed by atoms with van der Waals surface area (Å²) in [6.45, 7) is 0. The number of carboxylic acid groups (broad SMARTS) is 1. The van der Waals surface area contributed by atoms with Gasteiger partial charge in [0.05, 0.1) is 6.10 Å². The van der Waals surface area contributed by atoms with E-state index >= 15 is 0 Å². The minimum Gasteiger partial charge on any atom is -0.487 e. The first-order valence-corrected chi connectivity index (χ1v) is 6.53. The van der Waals surface area contributed by atoms with Crippen molar-refractivity contribution in [3.05, 3.63) is 35.7 Å². The minimum atomic E-state index is -1.06. The summed E-state index contributed by atoms with van der Waals surface area (Å²) in [6.07, 6.45) is 7.63. The molecule has 0 radical (unpaired) electrons. The molecule has 1 aliphatic rings. The molecule has 0 bridgehead atoms. The molecule has 0 heterocycles. The number of carboxylic acids is 1. The Morgan fingerprint density at radius 2 is 2.05 bits per heavy atom. The molecule has 1 fully saturated rings. The lowest BCUT2D eigenvalue weighted by Crippen LogP contribution is -2.20. The molecular weight excluding hydrogens is 247 g/mol. The van der Waals surface area contributed by atoms with E-state index in [0.29, 0.717) is 5.56 Å². The second-order valence-corrected chi connectivity index (χ2v) is 4.71. The molecule has 1 N–H and O–H groups in total.